The third kappa shape index (κ3) is 7.89. The van der Waals surface area contributed by atoms with Crippen LogP contribution in [0.5, 0.6) is 0 Å². The van der Waals surface area contributed by atoms with Crippen LogP contribution in [0.1, 0.15) is 22.5 Å². The zero-order valence-corrected chi connectivity index (χ0v) is 20.0. The van der Waals surface area contributed by atoms with Gasteiger partial charge in [0.15, 0.2) is 11.7 Å². The van der Waals surface area contributed by atoms with Gasteiger partial charge in [0.25, 0.3) is 5.91 Å². The SMILES string of the molecule is CN=C(NCCNC(=O)c1ccco1)NCC1CC(=O)N(CCc2ccccc2)C1.I. The zero-order valence-electron chi connectivity index (χ0n) is 17.7. The highest BCUT2D eigenvalue weighted by Crippen LogP contribution is 2.17. The summed E-state index contributed by atoms with van der Waals surface area (Å²) in [6, 6.07) is 13.5. The fourth-order valence-corrected chi connectivity index (χ4v) is 3.43. The minimum absolute atomic E-state index is 0. The molecule has 3 rings (SSSR count). The van der Waals surface area contributed by atoms with Crippen LogP contribution in [0.15, 0.2) is 58.1 Å². The molecule has 0 bridgehead atoms. The van der Waals surface area contributed by atoms with E-state index in [0.29, 0.717) is 37.8 Å². The van der Waals surface area contributed by atoms with E-state index in [0.717, 1.165) is 19.5 Å². The van der Waals surface area contributed by atoms with E-state index in [4.69, 9.17) is 4.42 Å². The van der Waals surface area contributed by atoms with Gasteiger partial charge in [-0.3, -0.25) is 14.6 Å². The van der Waals surface area contributed by atoms with Crippen molar-refractivity contribution >= 4 is 41.8 Å². The molecule has 1 aliphatic heterocycles. The summed E-state index contributed by atoms with van der Waals surface area (Å²) in [4.78, 5) is 30.2. The molecule has 1 unspecified atom stereocenters. The van der Waals surface area contributed by atoms with E-state index >= 15 is 0 Å². The minimum Gasteiger partial charge on any atom is -0.459 e. The predicted molar refractivity (Wildman–Crippen MR) is 131 cm³/mol. The van der Waals surface area contributed by atoms with Crippen molar-refractivity contribution in [2.45, 2.75) is 12.8 Å². The smallest absolute Gasteiger partial charge is 0.287 e. The molecule has 0 spiro atoms. The number of halogens is 1. The molecule has 168 valence electrons. The first-order valence-electron chi connectivity index (χ1n) is 10.2. The fraction of sp³-hybridized carbons (Fsp3) is 0.409. The first kappa shape index (κ1) is 24.7. The lowest BCUT2D eigenvalue weighted by Gasteiger charge is -2.18. The number of carbonyl (C=O) groups is 2. The number of nitrogens with one attached hydrogen (secondary N) is 3. The highest BCUT2D eigenvalue weighted by atomic mass is 127. The topological polar surface area (TPSA) is 99.0 Å². The van der Waals surface area contributed by atoms with Crippen LogP contribution < -0.4 is 16.0 Å². The van der Waals surface area contributed by atoms with Crippen LogP contribution in [-0.4, -0.2) is 62.4 Å². The van der Waals surface area contributed by atoms with Crippen molar-refractivity contribution in [2.75, 3.05) is 39.8 Å². The fourth-order valence-electron chi connectivity index (χ4n) is 3.43. The van der Waals surface area contributed by atoms with E-state index in [1.807, 2.05) is 23.1 Å². The molecular weight excluding hydrogens is 509 g/mol. The van der Waals surface area contributed by atoms with Gasteiger partial charge in [0.05, 0.1) is 6.26 Å². The van der Waals surface area contributed by atoms with Crippen molar-refractivity contribution < 1.29 is 14.0 Å². The van der Waals surface area contributed by atoms with Crippen molar-refractivity contribution in [3.8, 4) is 0 Å². The van der Waals surface area contributed by atoms with Crippen LogP contribution in [0.2, 0.25) is 0 Å². The molecule has 1 fully saturated rings. The molecule has 2 heterocycles. The number of likely N-dealkylation sites (tertiary alicyclic amines) is 1. The van der Waals surface area contributed by atoms with Gasteiger partial charge < -0.3 is 25.3 Å². The number of carbonyl (C=O) groups excluding carboxylic acids is 2. The maximum Gasteiger partial charge on any atom is 0.287 e. The van der Waals surface area contributed by atoms with E-state index in [1.54, 1.807) is 19.2 Å². The van der Waals surface area contributed by atoms with Crippen LogP contribution in [-0.2, 0) is 11.2 Å². The first-order chi connectivity index (χ1) is 14.7. The molecule has 1 aliphatic rings. The molecule has 1 atom stereocenters. The van der Waals surface area contributed by atoms with Crippen molar-refractivity contribution in [1.29, 1.82) is 0 Å². The molecule has 0 saturated carbocycles. The van der Waals surface area contributed by atoms with Crippen molar-refractivity contribution in [1.82, 2.24) is 20.9 Å². The van der Waals surface area contributed by atoms with Gasteiger partial charge in [-0.2, -0.15) is 0 Å². The average molecular weight is 539 g/mol. The van der Waals surface area contributed by atoms with Gasteiger partial charge in [0.2, 0.25) is 5.91 Å². The second-order valence-electron chi connectivity index (χ2n) is 7.26. The van der Waals surface area contributed by atoms with Crippen LogP contribution in [0.3, 0.4) is 0 Å². The maximum absolute atomic E-state index is 12.3. The summed E-state index contributed by atoms with van der Waals surface area (Å²) in [5.41, 5.74) is 1.25. The minimum atomic E-state index is -0.246. The first-order valence-corrected chi connectivity index (χ1v) is 10.2. The van der Waals surface area contributed by atoms with Crippen LogP contribution in [0.4, 0.5) is 0 Å². The largest absolute Gasteiger partial charge is 0.459 e. The number of nitrogens with zero attached hydrogens (tertiary/aromatic N) is 2. The Hall–Kier alpha value is -2.56. The van der Waals surface area contributed by atoms with Gasteiger partial charge in [-0.15, -0.1) is 24.0 Å². The summed E-state index contributed by atoms with van der Waals surface area (Å²) < 4.78 is 5.05. The molecule has 0 aliphatic carbocycles. The van der Waals surface area contributed by atoms with Gasteiger partial charge in [-0.25, -0.2) is 0 Å². The quantitative estimate of drug-likeness (QED) is 0.196. The van der Waals surface area contributed by atoms with E-state index < -0.39 is 0 Å². The number of aliphatic imine (C=N–C) groups is 1. The Morgan fingerprint density at radius 1 is 1.13 bits per heavy atom. The van der Waals surface area contributed by atoms with Crippen LogP contribution in [0, 0.1) is 5.92 Å². The molecule has 0 radical (unpaired) electrons. The molecule has 2 amide bonds. The summed E-state index contributed by atoms with van der Waals surface area (Å²) in [5, 5.41) is 9.20. The molecule has 31 heavy (non-hydrogen) atoms. The maximum atomic E-state index is 12.3. The van der Waals surface area contributed by atoms with Crippen LogP contribution in [0.25, 0.3) is 0 Å². The summed E-state index contributed by atoms with van der Waals surface area (Å²) in [6.45, 7) is 3.15. The Balaban J connectivity index is 0.00000341. The molecule has 8 nitrogen and oxygen atoms in total. The van der Waals surface area contributed by atoms with Crippen molar-refractivity contribution in [3.63, 3.8) is 0 Å². The van der Waals surface area contributed by atoms with Gasteiger partial charge in [0.1, 0.15) is 0 Å². The van der Waals surface area contributed by atoms with E-state index in [9.17, 15) is 9.59 Å². The molecule has 9 heteroatoms. The monoisotopic (exact) mass is 539 g/mol. The van der Waals surface area contributed by atoms with Gasteiger partial charge in [-0.05, 0) is 24.1 Å². The predicted octanol–water partition coefficient (Wildman–Crippen LogP) is 1.88. The summed E-state index contributed by atoms with van der Waals surface area (Å²) in [7, 11) is 1.70. The van der Waals surface area contributed by atoms with Crippen LogP contribution >= 0.6 is 24.0 Å². The van der Waals surface area contributed by atoms with E-state index in [1.165, 1.54) is 11.8 Å². The van der Waals surface area contributed by atoms with Gasteiger partial charge >= 0.3 is 0 Å². The number of hydrogen-bond acceptors (Lipinski definition) is 4. The lowest BCUT2D eigenvalue weighted by Crippen LogP contribution is -2.43. The second-order valence-corrected chi connectivity index (χ2v) is 7.26. The summed E-state index contributed by atoms with van der Waals surface area (Å²) in [6.07, 6.45) is 2.90. The number of hydrogen-bond donors (Lipinski definition) is 3. The molecule has 3 N–H and O–H groups in total. The molecule has 1 aromatic carbocycles. The summed E-state index contributed by atoms with van der Waals surface area (Å²) in [5.74, 6) is 1.16. The Labute approximate surface area is 199 Å². The second kappa shape index (κ2) is 13.0. The number of benzene rings is 1. The normalized spacial score (nSPS) is 16.0. The molecule has 1 aromatic heterocycles. The number of guanidine groups is 1. The number of rotatable bonds is 9. The standard InChI is InChI=1S/C22H29N5O3.HI/c1-23-22(25-11-10-24-21(29)19-8-5-13-30-19)26-15-18-14-20(28)27(16-18)12-9-17-6-3-2-4-7-17;/h2-8,13,18H,9-12,14-16H2,1H3,(H,24,29)(H2,23,25,26);1H. The van der Waals surface area contributed by atoms with Crippen molar-refractivity contribution in [2.24, 2.45) is 10.9 Å². The van der Waals surface area contributed by atoms with Gasteiger partial charge in [0, 0.05) is 52.1 Å². The highest BCUT2D eigenvalue weighted by Gasteiger charge is 2.29. The average Bonchev–Trinajstić information content (AvgIpc) is 3.42. The zero-order chi connectivity index (χ0) is 21.2. The third-order valence-corrected chi connectivity index (χ3v) is 5.04. The highest BCUT2D eigenvalue weighted by molar-refractivity contribution is 14.0. The van der Waals surface area contributed by atoms with Gasteiger partial charge in [-0.1, -0.05) is 30.3 Å². The van der Waals surface area contributed by atoms with Crippen molar-refractivity contribution in [3.05, 3.63) is 60.1 Å². The number of furan rings is 1. The summed E-state index contributed by atoms with van der Waals surface area (Å²) >= 11 is 0. The number of amides is 2. The third-order valence-electron chi connectivity index (χ3n) is 5.04. The lowest BCUT2D eigenvalue weighted by atomic mass is 10.1. The lowest BCUT2D eigenvalue weighted by molar-refractivity contribution is -0.127. The van der Waals surface area contributed by atoms with E-state index in [-0.39, 0.29) is 41.7 Å². The molecular formula is C22H30IN5O3. The Bertz CT molecular complexity index is 842. The molecule has 2 aromatic rings. The Morgan fingerprint density at radius 2 is 1.90 bits per heavy atom. The van der Waals surface area contributed by atoms with E-state index in [2.05, 4.69) is 33.1 Å². The molecule has 1 saturated heterocycles. The Morgan fingerprint density at radius 3 is 2.61 bits per heavy atom. The Kier molecular flexibility index (Phi) is 10.3.